The number of amides is 1. The monoisotopic (exact) mass is 344 g/mol. The topological polar surface area (TPSA) is 73.6 Å². The first-order valence-corrected chi connectivity index (χ1v) is 7.15. The smallest absolute Gasteiger partial charge is 0.237 e. The van der Waals surface area contributed by atoms with Crippen molar-refractivity contribution in [1.82, 2.24) is 5.32 Å². The Bertz CT molecular complexity index is 490. The number of hydrogen-bond donors (Lipinski definition) is 2. The molecule has 1 rings (SSSR count). The molecule has 0 spiro atoms. The van der Waals surface area contributed by atoms with Crippen molar-refractivity contribution in [3.05, 3.63) is 22.2 Å². The molecule has 6 heteroatoms. The van der Waals surface area contributed by atoms with Gasteiger partial charge in [0.15, 0.2) is 11.5 Å². The Hall–Kier alpha value is -1.27. The molecule has 0 saturated heterocycles. The number of nitrogens with two attached hydrogens (primary N) is 1. The molecule has 0 heterocycles. The molecule has 0 aliphatic heterocycles. The molecule has 3 N–H and O–H groups in total. The number of rotatable bonds is 7. The van der Waals surface area contributed by atoms with Crippen LogP contribution in [0.1, 0.15) is 26.3 Å². The maximum Gasteiger partial charge on any atom is 0.237 e. The van der Waals surface area contributed by atoms with Crippen molar-refractivity contribution < 1.29 is 14.3 Å². The van der Waals surface area contributed by atoms with Crippen LogP contribution in [-0.4, -0.2) is 25.2 Å². The Labute approximate surface area is 127 Å². The van der Waals surface area contributed by atoms with E-state index in [1.54, 1.807) is 21.0 Å². The number of benzene rings is 1. The molecule has 5 nitrogen and oxygen atoms in total. The van der Waals surface area contributed by atoms with Gasteiger partial charge in [-0.15, -0.1) is 0 Å². The molecule has 112 valence electrons. The first kappa shape index (κ1) is 16.8. The lowest BCUT2D eigenvalue weighted by atomic mass is 10.0. The van der Waals surface area contributed by atoms with Crippen LogP contribution in [0.3, 0.4) is 0 Å². The number of primary amides is 1. The summed E-state index contributed by atoms with van der Waals surface area (Å²) in [7, 11) is 1.59. The molecule has 0 radical (unpaired) electrons. The summed E-state index contributed by atoms with van der Waals surface area (Å²) in [6.07, 6.45) is 0. The Morgan fingerprint density at radius 1 is 1.45 bits per heavy atom. The maximum absolute atomic E-state index is 11.3. The molecule has 1 aromatic rings. The highest BCUT2D eigenvalue weighted by atomic mass is 79.9. The Morgan fingerprint density at radius 3 is 2.60 bits per heavy atom. The number of carbonyl (C=O) groups is 1. The first-order valence-electron chi connectivity index (χ1n) is 6.36. The molecule has 20 heavy (non-hydrogen) atoms. The van der Waals surface area contributed by atoms with Gasteiger partial charge >= 0.3 is 0 Å². The van der Waals surface area contributed by atoms with Crippen molar-refractivity contribution in [1.29, 1.82) is 0 Å². The van der Waals surface area contributed by atoms with Crippen molar-refractivity contribution >= 4 is 21.8 Å². The predicted octanol–water partition coefficient (Wildman–Crippen LogP) is 2.21. The van der Waals surface area contributed by atoms with Crippen LogP contribution in [0.4, 0.5) is 0 Å². The lowest BCUT2D eigenvalue weighted by Crippen LogP contribution is -2.50. The summed E-state index contributed by atoms with van der Waals surface area (Å²) in [5, 5.41) is 3.11. The minimum Gasteiger partial charge on any atom is -0.493 e. The van der Waals surface area contributed by atoms with Crippen LogP contribution >= 0.6 is 15.9 Å². The molecule has 0 bridgehead atoms. The van der Waals surface area contributed by atoms with Crippen molar-refractivity contribution in [2.45, 2.75) is 32.9 Å². The summed E-state index contributed by atoms with van der Waals surface area (Å²) in [6, 6.07) is 3.80. The fourth-order valence-corrected chi connectivity index (χ4v) is 2.17. The zero-order chi connectivity index (χ0) is 15.3. The van der Waals surface area contributed by atoms with Gasteiger partial charge in [-0.2, -0.15) is 0 Å². The summed E-state index contributed by atoms with van der Waals surface area (Å²) < 4.78 is 11.7. The van der Waals surface area contributed by atoms with E-state index in [2.05, 4.69) is 21.2 Å². The number of methoxy groups -OCH3 is 1. The van der Waals surface area contributed by atoms with E-state index in [1.165, 1.54) is 0 Å². The van der Waals surface area contributed by atoms with E-state index in [-0.39, 0.29) is 0 Å². The van der Waals surface area contributed by atoms with Gasteiger partial charge in [0.25, 0.3) is 0 Å². The number of carbonyl (C=O) groups excluding carboxylic acids is 1. The van der Waals surface area contributed by atoms with E-state index in [0.717, 1.165) is 10.0 Å². The molecule has 1 aromatic carbocycles. The van der Waals surface area contributed by atoms with Gasteiger partial charge in [0.05, 0.1) is 23.7 Å². The van der Waals surface area contributed by atoms with Gasteiger partial charge in [0, 0.05) is 6.54 Å². The molecule has 1 amide bonds. The number of hydrogen-bond acceptors (Lipinski definition) is 4. The molecule has 0 fully saturated rings. The average molecular weight is 345 g/mol. The lowest BCUT2D eigenvalue weighted by Gasteiger charge is -2.23. The average Bonchev–Trinajstić information content (AvgIpc) is 2.39. The number of ether oxygens (including phenoxy) is 2. The molecular weight excluding hydrogens is 324 g/mol. The van der Waals surface area contributed by atoms with E-state index in [0.29, 0.717) is 24.7 Å². The predicted molar refractivity (Wildman–Crippen MR) is 82.0 cm³/mol. The van der Waals surface area contributed by atoms with Gasteiger partial charge in [-0.1, -0.05) is 0 Å². The van der Waals surface area contributed by atoms with Crippen molar-refractivity contribution in [3.8, 4) is 11.5 Å². The van der Waals surface area contributed by atoms with E-state index in [9.17, 15) is 4.79 Å². The largest absolute Gasteiger partial charge is 0.493 e. The molecule has 0 aliphatic rings. The second-order valence-electron chi connectivity index (χ2n) is 4.88. The number of halogens is 1. The van der Waals surface area contributed by atoms with Gasteiger partial charge in [-0.05, 0) is 54.4 Å². The second kappa shape index (κ2) is 6.95. The van der Waals surface area contributed by atoms with Crippen molar-refractivity contribution in [2.24, 2.45) is 5.73 Å². The SMILES string of the molecule is CCOc1c(Br)cc(CNC(C)(C)C(N)=O)cc1OC. The van der Waals surface area contributed by atoms with Crippen molar-refractivity contribution in [2.75, 3.05) is 13.7 Å². The van der Waals surface area contributed by atoms with Gasteiger partial charge in [-0.25, -0.2) is 0 Å². The lowest BCUT2D eigenvalue weighted by molar-refractivity contribution is -0.123. The quantitative estimate of drug-likeness (QED) is 0.795. The van der Waals surface area contributed by atoms with Crippen LogP contribution in [-0.2, 0) is 11.3 Å². The summed E-state index contributed by atoms with van der Waals surface area (Å²) >= 11 is 3.46. The Morgan fingerprint density at radius 2 is 2.10 bits per heavy atom. The van der Waals surface area contributed by atoms with E-state index in [1.807, 2.05) is 19.1 Å². The Balaban J connectivity index is 2.93. The highest BCUT2D eigenvalue weighted by Gasteiger charge is 2.24. The summed E-state index contributed by atoms with van der Waals surface area (Å²) in [5.74, 6) is 0.928. The fourth-order valence-electron chi connectivity index (χ4n) is 1.57. The molecule has 0 atom stereocenters. The normalized spacial score (nSPS) is 11.2. The van der Waals surface area contributed by atoms with Gasteiger partial charge in [0.2, 0.25) is 5.91 Å². The zero-order valence-electron chi connectivity index (χ0n) is 12.2. The third-order valence-electron chi connectivity index (χ3n) is 2.93. The van der Waals surface area contributed by atoms with Gasteiger partial charge in [0.1, 0.15) is 0 Å². The number of nitrogens with one attached hydrogen (secondary N) is 1. The zero-order valence-corrected chi connectivity index (χ0v) is 13.8. The van der Waals surface area contributed by atoms with Crippen LogP contribution < -0.4 is 20.5 Å². The van der Waals surface area contributed by atoms with Crippen LogP contribution in [0.5, 0.6) is 11.5 Å². The van der Waals surface area contributed by atoms with E-state index in [4.69, 9.17) is 15.2 Å². The van der Waals surface area contributed by atoms with Gasteiger partial charge in [-0.3, -0.25) is 10.1 Å². The highest BCUT2D eigenvalue weighted by molar-refractivity contribution is 9.10. The fraction of sp³-hybridized carbons (Fsp3) is 0.500. The van der Waals surface area contributed by atoms with Crippen molar-refractivity contribution in [3.63, 3.8) is 0 Å². The van der Waals surface area contributed by atoms with Crippen LogP contribution in [0.15, 0.2) is 16.6 Å². The van der Waals surface area contributed by atoms with Crippen LogP contribution in [0.2, 0.25) is 0 Å². The summed E-state index contributed by atoms with van der Waals surface area (Å²) in [4.78, 5) is 11.3. The second-order valence-corrected chi connectivity index (χ2v) is 5.74. The summed E-state index contributed by atoms with van der Waals surface area (Å²) in [5.41, 5.74) is 5.53. The van der Waals surface area contributed by atoms with E-state index < -0.39 is 11.4 Å². The van der Waals surface area contributed by atoms with Crippen LogP contribution in [0.25, 0.3) is 0 Å². The molecular formula is C14H21BrN2O3. The van der Waals surface area contributed by atoms with Crippen LogP contribution in [0, 0.1) is 0 Å². The molecule has 0 unspecified atom stereocenters. The Kier molecular flexibility index (Phi) is 5.83. The standard InChI is InChI=1S/C14H21BrN2O3/c1-5-20-12-10(15)6-9(7-11(12)19-4)8-17-14(2,3)13(16)18/h6-7,17H,5,8H2,1-4H3,(H2,16,18). The molecule has 0 aromatic heterocycles. The third kappa shape index (κ3) is 4.11. The highest BCUT2D eigenvalue weighted by Crippen LogP contribution is 2.36. The maximum atomic E-state index is 11.3. The summed E-state index contributed by atoms with van der Waals surface area (Å²) in [6.45, 7) is 6.46. The molecule has 0 aliphatic carbocycles. The van der Waals surface area contributed by atoms with E-state index >= 15 is 0 Å². The minimum absolute atomic E-state index is 0.394. The third-order valence-corrected chi connectivity index (χ3v) is 3.52. The molecule has 0 saturated carbocycles. The van der Waals surface area contributed by atoms with Gasteiger partial charge < -0.3 is 15.2 Å². The minimum atomic E-state index is -0.766. The first-order chi connectivity index (χ1) is 9.31.